The maximum atomic E-state index is 10.3. The molecule has 0 saturated carbocycles. The molecule has 1 aromatic carbocycles. The Hall–Kier alpha value is -1.26. The number of anilines is 2. The monoisotopic (exact) mass is 248 g/mol. The molecule has 1 saturated heterocycles. The minimum Gasteiger partial charge on any atom is -0.399 e. The van der Waals surface area contributed by atoms with E-state index in [0.717, 1.165) is 43.0 Å². The van der Waals surface area contributed by atoms with Crippen LogP contribution < -0.4 is 11.1 Å². The number of nitrogen functional groups attached to an aromatic ring is 1. The van der Waals surface area contributed by atoms with E-state index in [1.54, 1.807) is 0 Å². The predicted molar refractivity (Wildman–Crippen MR) is 71.5 cm³/mol. The molecule has 1 fully saturated rings. The average Bonchev–Trinajstić information content (AvgIpc) is 2.39. The first kappa shape index (κ1) is 11.8. The van der Waals surface area contributed by atoms with E-state index in [0.29, 0.717) is 12.3 Å². The van der Waals surface area contributed by atoms with Crippen molar-refractivity contribution in [2.75, 3.05) is 24.3 Å². The third-order valence-corrected chi connectivity index (χ3v) is 4.00. The number of fused-ring (bicyclic) bond motifs is 1. The number of ether oxygens (including phenoxy) is 1. The number of rotatable bonds is 1. The van der Waals surface area contributed by atoms with Gasteiger partial charge >= 0.3 is 0 Å². The van der Waals surface area contributed by atoms with Crippen LogP contribution >= 0.6 is 0 Å². The molecule has 0 aliphatic carbocycles. The second-order valence-corrected chi connectivity index (χ2v) is 5.34. The van der Waals surface area contributed by atoms with Gasteiger partial charge in [-0.2, -0.15) is 0 Å². The van der Waals surface area contributed by atoms with Gasteiger partial charge in [0, 0.05) is 30.3 Å². The highest BCUT2D eigenvalue weighted by Crippen LogP contribution is 2.32. The van der Waals surface area contributed by atoms with Crippen LogP contribution in [-0.2, 0) is 11.2 Å². The first-order chi connectivity index (χ1) is 8.74. The Bertz CT molecular complexity index is 430. The van der Waals surface area contributed by atoms with Crippen LogP contribution in [0.5, 0.6) is 0 Å². The molecular formula is C14H20N2O2. The Labute approximate surface area is 107 Å². The number of benzene rings is 1. The maximum absolute atomic E-state index is 10.3. The summed E-state index contributed by atoms with van der Waals surface area (Å²) in [6.07, 6.45) is 2.53. The predicted octanol–water partition coefficient (Wildman–Crippen LogP) is 1.39. The van der Waals surface area contributed by atoms with Gasteiger partial charge in [-0.05, 0) is 36.6 Å². The van der Waals surface area contributed by atoms with Crippen molar-refractivity contribution in [1.82, 2.24) is 0 Å². The van der Waals surface area contributed by atoms with Crippen LogP contribution in [0.25, 0.3) is 0 Å². The van der Waals surface area contributed by atoms with Crippen molar-refractivity contribution in [2.24, 2.45) is 5.92 Å². The van der Waals surface area contributed by atoms with Gasteiger partial charge in [-0.1, -0.05) is 0 Å². The lowest BCUT2D eigenvalue weighted by molar-refractivity contribution is 0.0198. The van der Waals surface area contributed by atoms with E-state index in [4.69, 9.17) is 10.5 Å². The molecule has 98 valence electrons. The van der Waals surface area contributed by atoms with E-state index in [1.807, 2.05) is 18.2 Å². The van der Waals surface area contributed by atoms with Gasteiger partial charge in [0.2, 0.25) is 0 Å². The molecule has 3 atom stereocenters. The van der Waals surface area contributed by atoms with Crippen LogP contribution in [0.4, 0.5) is 11.4 Å². The zero-order valence-electron chi connectivity index (χ0n) is 10.4. The van der Waals surface area contributed by atoms with Gasteiger partial charge in [-0.15, -0.1) is 0 Å². The largest absolute Gasteiger partial charge is 0.399 e. The summed E-state index contributed by atoms with van der Waals surface area (Å²) in [5.74, 6) is 0.402. The van der Waals surface area contributed by atoms with Crippen LogP contribution in [0.15, 0.2) is 18.2 Å². The van der Waals surface area contributed by atoms with Crippen LogP contribution in [0.3, 0.4) is 0 Å². The van der Waals surface area contributed by atoms with Crippen LogP contribution in [-0.4, -0.2) is 30.5 Å². The summed E-state index contributed by atoms with van der Waals surface area (Å²) in [5.41, 5.74) is 8.74. The Morgan fingerprint density at radius 3 is 3.06 bits per heavy atom. The molecule has 4 nitrogen and oxygen atoms in total. The van der Waals surface area contributed by atoms with Crippen molar-refractivity contribution in [3.05, 3.63) is 23.8 Å². The molecule has 18 heavy (non-hydrogen) atoms. The minimum absolute atomic E-state index is 0.0985. The Kier molecular flexibility index (Phi) is 3.14. The fraction of sp³-hybridized carbons (Fsp3) is 0.571. The fourth-order valence-electron chi connectivity index (χ4n) is 3.03. The lowest BCUT2D eigenvalue weighted by Crippen LogP contribution is -2.47. The van der Waals surface area contributed by atoms with E-state index >= 15 is 0 Å². The number of hydrogen-bond acceptors (Lipinski definition) is 4. The lowest BCUT2D eigenvalue weighted by Gasteiger charge is -2.38. The number of nitrogens with one attached hydrogen (secondary N) is 1. The van der Waals surface area contributed by atoms with Crippen molar-refractivity contribution < 1.29 is 9.84 Å². The number of nitrogens with two attached hydrogens (primary N) is 1. The lowest BCUT2D eigenvalue weighted by atomic mass is 9.84. The van der Waals surface area contributed by atoms with Gasteiger partial charge in [-0.3, -0.25) is 0 Å². The van der Waals surface area contributed by atoms with Crippen LogP contribution in [0.1, 0.15) is 18.4 Å². The molecular weight excluding hydrogens is 228 g/mol. The highest BCUT2D eigenvalue weighted by molar-refractivity contribution is 5.60. The van der Waals surface area contributed by atoms with Crippen molar-refractivity contribution in [1.29, 1.82) is 0 Å². The quantitative estimate of drug-likeness (QED) is 0.657. The van der Waals surface area contributed by atoms with Crippen LogP contribution in [0.2, 0.25) is 0 Å². The SMILES string of the molecule is Nc1ccc2c(c1)CC(O)C(C1CCCOC1)N2. The molecule has 4 heteroatoms. The summed E-state index contributed by atoms with van der Waals surface area (Å²) in [4.78, 5) is 0. The van der Waals surface area contributed by atoms with Gasteiger partial charge in [0.1, 0.15) is 0 Å². The second kappa shape index (κ2) is 4.78. The molecule has 0 amide bonds. The topological polar surface area (TPSA) is 67.5 Å². The highest BCUT2D eigenvalue weighted by Gasteiger charge is 2.33. The molecule has 0 radical (unpaired) electrons. The summed E-state index contributed by atoms with van der Waals surface area (Å²) < 4.78 is 5.52. The van der Waals surface area contributed by atoms with E-state index in [9.17, 15) is 5.11 Å². The molecule has 1 aromatic rings. The summed E-state index contributed by atoms with van der Waals surface area (Å²) in [5, 5.41) is 13.8. The maximum Gasteiger partial charge on any atom is 0.0785 e. The van der Waals surface area contributed by atoms with Gasteiger partial charge < -0.3 is 20.9 Å². The van der Waals surface area contributed by atoms with Crippen molar-refractivity contribution in [2.45, 2.75) is 31.4 Å². The van der Waals surface area contributed by atoms with Crippen LogP contribution in [0, 0.1) is 5.92 Å². The minimum atomic E-state index is -0.356. The van der Waals surface area contributed by atoms with E-state index < -0.39 is 0 Å². The Morgan fingerprint density at radius 2 is 2.28 bits per heavy atom. The van der Waals surface area contributed by atoms with Crippen molar-refractivity contribution >= 4 is 11.4 Å². The fourth-order valence-corrected chi connectivity index (χ4v) is 3.03. The first-order valence-corrected chi connectivity index (χ1v) is 6.65. The Morgan fingerprint density at radius 1 is 1.39 bits per heavy atom. The summed E-state index contributed by atoms with van der Waals surface area (Å²) >= 11 is 0. The average molecular weight is 248 g/mol. The number of aliphatic hydroxyl groups excluding tert-OH is 1. The molecule has 0 spiro atoms. The molecule has 3 unspecified atom stereocenters. The zero-order chi connectivity index (χ0) is 12.5. The molecule has 2 heterocycles. The van der Waals surface area contributed by atoms with Gasteiger partial charge in [0.05, 0.1) is 18.8 Å². The molecule has 2 aliphatic rings. The number of aliphatic hydroxyl groups is 1. The number of hydrogen-bond donors (Lipinski definition) is 3. The normalized spacial score (nSPS) is 31.5. The van der Waals surface area contributed by atoms with E-state index in [1.165, 1.54) is 0 Å². The van der Waals surface area contributed by atoms with Crippen molar-refractivity contribution in [3.63, 3.8) is 0 Å². The molecule has 4 N–H and O–H groups in total. The third-order valence-electron chi connectivity index (χ3n) is 4.00. The highest BCUT2D eigenvalue weighted by atomic mass is 16.5. The molecule has 2 aliphatic heterocycles. The summed E-state index contributed by atoms with van der Waals surface area (Å²) in [6.45, 7) is 1.60. The van der Waals surface area contributed by atoms with Gasteiger partial charge in [0.15, 0.2) is 0 Å². The first-order valence-electron chi connectivity index (χ1n) is 6.65. The zero-order valence-corrected chi connectivity index (χ0v) is 10.4. The van der Waals surface area contributed by atoms with Gasteiger partial charge in [-0.25, -0.2) is 0 Å². The summed E-state index contributed by atoms with van der Waals surface area (Å²) in [6, 6.07) is 5.95. The third kappa shape index (κ3) is 2.18. The van der Waals surface area contributed by atoms with Gasteiger partial charge in [0.25, 0.3) is 0 Å². The summed E-state index contributed by atoms with van der Waals surface area (Å²) in [7, 11) is 0. The smallest absolute Gasteiger partial charge is 0.0785 e. The van der Waals surface area contributed by atoms with E-state index in [-0.39, 0.29) is 12.1 Å². The molecule has 3 rings (SSSR count). The molecule has 0 aromatic heterocycles. The second-order valence-electron chi connectivity index (χ2n) is 5.34. The van der Waals surface area contributed by atoms with Crippen molar-refractivity contribution in [3.8, 4) is 0 Å². The van der Waals surface area contributed by atoms with E-state index in [2.05, 4.69) is 5.32 Å². The standard InChI is InChI=1S/C14H20N2O2/c15-11-3-4-12-10(6-11)7-13(17)14(16-12)9-2-1-5-18-8-9/h3-4,6,9,13-14,16-17H,1-2,5,7-8,15H2. The Balaban J connectivity index is 1.80. The molecule has 0 bridgehead atoms.